The lowest BCUT2D eigenvalue weighted by molar-refractivity contribution is -0.150. The Morgan fingerprint density at radius 1 is 1.28 bits per heavy atom. The number of ether oxygens (including phenoxy) is 2. The minimum absolute atomic E-state index is 0.360. The van der Waals surface area contributed by atoms with E-state index in [0.29, 0.717) is 0 Å². The molecular formula is C11H20ClNO5. The lowest BCUT2D eigenvalue weighted by Crippen LogP contribution is -2.55. The Kier molecular flexibility index (Phi) is 5.89. The van der Waals surface area contributed by atoms with Crippen LogP contribution in [0.15, 0.2) is 0 Å². The number of rotatable bonds is 4. The van der Waals surface area contributed by atoms with Crippen LogP contribution in [0.1, 0.15) is 34.6 Å². The molecule has 18 heavy (non-hydrogen) atoms. The van der Waals surface area contributed by atoms with Crippen molar-refractivity contribution in [2.75, 3.05) is 6.07 Å². The first kappa shape index (κ1) is 17.0. The molecule has 7 heteroatoms. The number of aliphatic hydroxyl groups is 1. The molecule has 0 aromatic carbocycles. The summed E-state index contributed by atoms with van der Waals surface area (Å²) in [6, 6.07) is -1.62. The molecule has 2 N–H and O–H groups in total. The molecule has 106 valence electrons. The Labute approximate surface area is 112 Å². The van der Waals surface area contributed by atoms with Crippen LogP contribution < -0.4 is 5.32 Å². The summed E-state index contributed by atoms with van der Waals surface area (Å²) in [5.74, 6) is -0.830. The van der Waals surface area contributed by atoms with Crippen LogP contribution in [0.2, 0.25) is 0 Å². The highest BCUT2D eigenvalue weighted by molar-refractivity contribution is 6.17. The second-order valence-electron chi connectivity index (χ2n) is 5.31. The Hall–Kier alpha value is -1.01. The van der Waals surface area contributed by atoms with Gasteiger partial charge in [0.15, 0.2) is 12.1 Å². The number of halogens is 1. The number of carbonyl (C=O) groups is 2. The predicted molar refractivity (Wildman–Crippen MR) is 66.3 cm³/mol. The predicted octanol–water partition coefficient (Wildman–Crippen LogP) is 1.39. The molecule has 0 aliphatic rings. The third-order valence-electron chi connectivity index (χ3n) is 1.80. The average Bonchev–Trinajstić information content (AvgIpc) is 2.09. The van der Waals surface area contributed by atoms with Gasteiger partial charge in [-0.1, -0.05) is 11.6 Å². The van der Waals surface area contributed by atoms with Gasteiger partial charge in [0, 0.05) is 0 Å². The Morgan fingerprint density at radius 2 is 1.78 bits per heavy atom. The first-order chi connectivity index (χ1) is 7.97. The lowest BCUT2D eigenvalue weighted by Gasteiger charge is -2.29. The van der Waals surface area contributed by atoms with Crippen molar-refractivity contribution in [1.82, 2.24) is 5.32 Å². The third kappa shape index (κ3) is 6.66. The van der Waals surface area contributed by atoms with Crippen molar-refractivity contribution in [2.24, 2.45) is 0 Å². The number of alkyl carbamates (subject to hydrolysis) is 1. The summed E-state index contributed by atoms with van der Waals surface area (Å²) in [6.07, 6.45) is -0.818. The number of alkyl halides is 1. The molecule has 1 atom stereocenters. The van der Waals surface area contributed by atoms with Crippen LogP contribution in [-0.4, -0.2) is 40.5 Å². The van der Waals surface area contributed by atoms with E-state index in [-0.39, 0.29) is 6.07 Å². The van der Waals surface area contributed by atoms with E-state index in [1.807, 2.05) is 0 Å². The number of carbonyl (C=O) groups excluding carboxylic acids is 2. The fourth-order valence-electron chi connectivity index (χ4n) is 1.09. The van der Waals surface area contributed by atoms with Crippen molar-refractivity contribution in [3.63, 3.8) is 0 Å². The minimum Gasteiger partial charge on any atom is -0.448 e. The van der Waals surface area contributed by atoms with Gasteiger partial charge in [0.1, 0.15) is 5.60 Å². The van der Waals surface area contributed by atoms with Crippen LogP contribution in [-0.2, 0) is 14.3 Å². The van der Waals surface area contributed by atoms with Gasteiger partial charge in [-0.2, -0.15) is 0 Å². The van der Waals surface area contributed by atoms with Crippen LogP contribution in [0, 0.1) is 0 Å². The molecule has 0 fully saturated rings. The topological polar surface area (TPSA) is 84.9 Å². The highest BCUT2D eigenvalue weighted by Gasteiger charge is 2.37. The number of amides is 1. The number of esters is 1. The zero-order valence-electron chi connectivity index (χ0n) is 11.2. The van der Waals surface area contributed by atoms with E-state index in [2.05, 4.69) is 10.1 Å². The molecule has 0 saturated carbocycles. The van der Waals surface area contributed by atoms with E-state index < -0.39 is 29.3 Å². The van der Waals surface area contributed by atoms with E-state index in [4.69, 9.17) is 16.3 Å². The molecule has 0 aromatic rings. The largest absolute Gasteiger partial charge is 0.448 e. The van der Waals surface area contributed by atoms with Crippen molar-refractivity contribution in [3.8, 4) is 0 Å². The maximum Gasteiger partial charge on any atom is 0.408 e. The first-order valence-corrected chi connectivity index (χ1v) is 5.95. The van der Waals surface area contributed by atoms with Crippen LogP contribution in [0.3, 0.4) is 0 Å². The van der Waals surface area contributed by atoms with E-state index in [9.17, 15) is 14.7 Å². The first-order valence-electron chi connectivity index (χ1n) is 5.42. The standard InChI is InChI=1S/C11H20ClNO5/c1-10(2,3)18-9(15)13-7(11(4,5)16)8(14)17-6-12/h7,16H,6H2,1-5H3,(H,13,15). The average molecular weight is 282 g/mol. The van der Waals surface area contributed by atoms with Crippen molar-refractivity contribution in [1.29, 1.82) is 0 Å². The van der Waals surface area contributed by atoms with Gasteiger partial charge >= 0.3 is 12.1 Å². The van der Waals surface area contributed by atoms with Gasteiger partial charge in [0.05, 0.1) is 5.60 Å². The molecule has 0 aliphatic heterocycles. The second-order valence-corrected chi connectivity index (χ2v) is 5.52. The molecule has 0 heterocycles. The highest BCUT2D eigenvalue weighted by Crippen LogP contribution is 2.13. The van der Waals surface area contributed by atoms with Gasteiger partial charge in [0.2, 0.25) is 0 Å². The maximum atomic E-state index is 11.6. The van der Waals surface area contributed by atoms with Gasteiger partial charge in [-0.3, -0.25) is 0 Å². The summed E-state index contributed by atoms with van der Waals surface area (Å²) in [4.78, 5) is 23.1. The number of hydrogen-bond acceptors (Lipinski definition) is 5. The van der Waals surface area contributed by atoms with Crippen molar-refractivity contribution in [3.05, 3.63) is 0 Å². The van der Waals surface area contributed by atoms with Crippen molar-refractivity contribution < 1.29 is 24.2 Å². The van der Waals surface area contributed by atoms with Gasteiger partial charge in [-0.05, 0) is 34.6 Å². The normalized spacial score (nSPS) is 13.7. The van der Waals surface area contributed by atoms with Crippen LogP contribution in [0.5, 0.6) is 0 Å². The van der Waals surface area contributed by atoms with Crippen LogP contribution in [0.4, 0.5) is 4.79 Å². The van der Waals surface area contributed by atoms with E-state index in [1.54, 1.807) is 20.8 Å². The molecule has 1 unspecified atom stereocenters. The number of hydrogen-bond donors (Lipinski definition) is 2. The molecule has 1 amide bonds. The van der Waals surface area contributed by atoms with Gasteiger partial charge in [-0.25, -0.2) is 9.59 Å². The summed E-state index contributed by atoms with van der Waals surface area (Å²) >= 11 is 5.26. The summed E-state index contributed by atoms with van der Waals surface area (Å²) in [7, 11) is 0. The quantitative estimate of drug-likeness (QED) is 0.601. The van der Waals surface area contributed by atoms with Gasteiger partial charge in [0.25, 0.3) is 0 Å². The van der Waals surface area contributed by atoms with Crippen molar-refractivity contribution >= 4 is 23.7 Å². The van der Waals surface area contributed by atoms with E-state index in [1.165, 1.54) is 13.8 Å². The molecule has 0 spiro atoms. The Morgan fingerprint density at radius 3 is 2.11 bits per heavy atom. The Bertz CT molecular complexity index is 306. The molecule has 0 aromatic heterocycles. The van der Waals surface area contributed by atoms with Gasteiger partial charge < -0.3 is 19.9 Å². The summed E-state index contributed by atoms with van der Waals surface area (Å²) in [5.41, 5.74) is -2.20. The summed E-state index contributed by atoms with van der Waals surface area (Å²) < 4.78 is 9.55. The molecular weight excluding hydrogens is 262 g/mol. The molecule has 0 rings (SSSR count). The van der Waals surface area contributed by atoms with Crippen LogP contribution >= 0.6 is 11.6 Å². The molecule has 0 radical (unpaired) electrons. The van der Waals surface area contributed by atoms with E-state index >= 15 is 0 Å². The van der Waals surface area contributed by atoms with Crippen molar-refractivity contribution in [2.45, 2.75) is 51.9 Å². The second kappa shape index (κ2) is 6.24. The monoisotopic (exact) mass is 281 g/mol. The molecule has 6 nitrogen and oxygen atoms in total. The maximum absolute atomic E-state index is 11.6. The zero-order chi connectivity index (χ0) is 14.6. The third-order valence-corrected chi connectivity index (χ3v) is 1.91. The smallest absolute Gasteiger partial charge is 0.408 e. The van der Waals surface area contributed by atoms with E-state index in [0.717, 1.165) is 0 Å². The minimum atomic E-state index is -1.50. The highest BCUT2D eigenvalue weighted by atomic mass is 35.5. The Balaban J connectivity index is 4.72. The molecule has 0 saturated heterocycles. The molecule has 0 bridgehead atoms. The SMILES string of the molecule is CC(C)(C)OC(=O)NC(C(=O)OCCl)C(C)(C)O. The zero-order valence-corrected chi connectivity index (χ0v) is 12.0. The fourth-order valence-corrected chi connectivity index (χ4v) is 1.19. The lowest BCUT2D eigenvalue weighted by atomic mass is 9.99. The number of nitrogens with one attached hydrogen (secondary N) is 1. The fraction of sp³-hybridized carbons (Fsp3) is 0.818. The van der Waals surface area contributed by atoms with Crippen LogP contribution in [0.25, 0.3) is 0 Å². The summed E-state index contributed by atoms with van der Waals surface area (Å²) in [5, 5.41) is 12.1. The molecule has 0 aliphatic carbocycles. The van der Waals surface area contributed by atoms with Gasteiger partial charge in [-0.15, -0.1) is 0 Å². The summed E-state index contributed by atoms with van der Waals surface area (Å²) in [6.45, 7) is 7.78.